The van der Waals surface area contributed by atoms with Crippen LogP contribution in [-0.4, -0.2) is 16.5 Å². The Hall–Kier alpha value is -0.470. The molecule has 0 saturated heterocycles. The molecule has 0 rings (SSSR count). The molecule has 0 aliphatic rings. The van der Waals surface area contributed by atoms with Crippen molar-refractivity contribution in [2.45, 2.75) is 0 Å². The number of carbonyl (C=O) groups is 1. The summed E-state index contributed by atoms with van der Waals surface area (Å²) in [6, 6.07) is 0. The lowest BCUT2D eigenvalue weighted by molar-refractivity contribution is -0.122. The Kier molecular flexibility index (Phi) is 36.6. The van der Waals surface area contributed by atoms with Crippen LogP contribution in [0.4, 0.5) is 0 Å². The predicted octanol–water partition coefficient (Wildman–Crippen LogP) is -0.382. The lowest BCUT2D eigenvalue weighted by atomic mass is 11.7. The van der Waals surface area contributed by atoms with Crippen molar-refractivity contribution in [1.82, 2.24) is 0 Å². The van der Waals surface area contributed by atoms with E-state index < -0.39 is 8.69 Å². The van der Waals surface area contributed by atoms with Gasteiger partial charge in [0.05, 0.1) is 0 Å². The van der Waals surface area contributed by atoms with Gasteiger partial charge in [0.2, 0.25) is 0 Å². The first-order chi connectivity index (χ1) is 2.83. The van der Waals surface area contributed by atoms with Gasteiger partial charge in [-0.05, 0) is 4.57 Å². The Bertz CT molecular complexity index is 28.5. The van der Waals surface area contributed by atoms with Gasteiger partial charge in [-0.2, -0.15) is 4.89 Å². The van der Waals surface area contributed by atoms with Crippen molar-refractivity contribution in [3.8, 4) is 0 Å². The first-order valence-corrected chi connectivity index (χ1v) is 1.78. The van der Waals surface area contributed by atoms with Crippen LogP contribution >= 0.6 is 8.69 Å². The molecule has 1 unspecified atom stereocenters. The van der Waals surface area contributed by atoms with Crippen LogP contribution in [0.15, 0.2) is 0 Å². The summed E-state index contributed by atoms with van der Waals surface area (Å²) < 4.78 is 8.51. The number of hydrogen-bond donors (Lipinski definition) is 2. The Labute approximate surface area is 35.7 Å². The summed E-state index contributed by atoms with van der Waals surface area (Å²) in [5, 5.41) is 6.89. The monoisotopic (exact) mass is 111 g/mol. The quantitative estimate of drug-likeness (QED) is 0.330. The Balaban J connectivity index is 0. The SMILES string of the molecule is O=CO.O=[PH+]O. The van der Waals surface area contributed by atoms with E-state index >= 15 is 0 Å². The third kappa shape index (κ3) is 102. The van der Waals surface area contributed by atoms with Crippen molar-refractivity contribution in [2.24, 2.45) is 0 Å². The minimum Gasteiger partial charge on any atom is -0.483 e. The highest BCUT2D eigenvalue weighted by Crippen LogP contribution is 1.66. The zero-order valence-electron chi connectivity index (χ0n) is 2.79. The van der Waals surface area contributed by atoms with Gasteiger partial charge in [-0.25, -0.2) is 0 Å². The molecule has 6 heavy (non-hydrogen) atoms. The molecule has 1 atom stereocenters. The summed E-state index contributed by atoms with van der Waals surface area (Å²) >= 11 is 0. The molecule has 0 saturated carbocycles. The average molecular weight is 111 g/mol. The van der Waals surface area contributed by atoms with Crippen molar-refractivity contribution in [3.05, 3.63) is 0 Å². The van der Waals surface area contributed by atoms with Crippen molar-refractivity contribution in [2.75, 3.05) is 0 Å². The zero-order valence-corrected chi connectivity index (χ0v) is 3.79. The summed E-state index contributed by atoms with van der Waals surface area (Å²) in [4.78, 5) is 15.4. The van der Waals surface area contributed by atoms with Crippen LogP contribution in [0.3, 0.4) is 0 Å². The molecular formula is CH4O4P+. The van der Waals surface area contributed by atoms with Gasteiger partial charge in [0, 0.05) is 0 Å². The maximum Gasteiger partial charge on any atom is 0.491 e. The van der Waals surface area contributed by atoms with Gasteiger partial charge in [-0.15, -0.1) is 0 Å². The lowest BCUT2D eigenvalue weighted by Crippen LogP contribution is -1.49. The van der Waals surface area contributed by atoms with Crippen LogP contribution in [-0.2, 0) is 9.36 Å². The van der Waals surface area contributed by atoms with Crippen LogP contribution in [0, 0.1) is 0 Å². The maximum atomic E-state index is 8.51. The minimum atomic E-state index is -1.17. The second-order valence-electron chi connectivity index (χ2n) is 0.197. The second-order valence-corrected chi connectivity index (χ2v) is 0.379. The highest BCUT2D eigenvalue weighted by molar-refractivity contribution is 7.16. The normalized spacial score (nSPS) is 5.50. The highest BCUT2D eigenvalue weighted by atomic mass is 31.1. The summed E-state index contributed by atoms with van der Waals surface area (Å²) in [5.74, 6) is 0. The smallest absolute Gasteiger partial charge is 0.483 e. The van der Waals surface area contributed by atoms with Gasteiger partial charge in [0.1, 0.15) is 0 Å². The molecule has 0 radical (unpaired) electrons. The fraction of sp³-hybridized carbons (Fsp3) is 0. The predicted molar refractivity (Wildman–Crippen MR) is 19.9 cm³/mol. The van der Waals surface area contributed by atoms with E-state index in [1.54, 1.807) is 0 Å². The van der Waals surface area contributed by atoms with Crippen LogP contribution in [0.5, 0.6) is 0 Å². The molecular weight excluding hydrogens is 107 g/mol. The molecule has 0 spiro atoms. The largest absolute Gasteiger partial charge is 0.491 e. The van der Waals surface area contributed by atoms with Crippen molar-refractivity contribution < 1.29 is 19.4 Å². The van der Waals surface area contributed by atoms with Gasteiger partial charge >= 0.3 is 8.69 Å². The van der Waals surface area contributed by atoms with Crippen molar-refractivity contribution >= 4 is 15.2 Å². The molecule has 0 fully saturated rings. The van der Waals surface area contributed by atoms with Gasteiger partial charge in [0.15, 0.2) is 0 Å². The third-order valence-electron chi connectivity index (χ3n) is 0. The Morgan fingerprint density at radius 3 is 1.67 bits per heavy atom. The van der Waals surface area contributed by atoms with E-state index in [1.165, 1.54) is 0 Å². The van der Waals surface area contributed by atoms with Crippen LogP contribution in [0.25, 0.3) is 0 Å². The summed E-state index contributed by atoms with van der Waals surface area (Å²) in [6.45, 7) is -0.250. The van der Waals surface area contributed by atoms with Crippen LogP contribution in [0.2, 0.25) is 0 Å². The maximum absolute atomic E-state index is 8.51. The minimum absolute atomic E-state index is 0.250. The molecule has 36 valence electrons. The third-order valence-corrected chi connectivity index (χ3v) is 0. The molecule has 4 nitrogen and oxygen atoms in total. The number of carboxylic acid groups (broad SMARTS) is 1. The molecule has 0 heterocycles. The highest BCUT2D eigenvalue weighted by Gasteiger charge is 1.45. The molecule has 0 bridgehead atoms. The van der Waals surface area contributed by atoms with E-state index in [1.807, 2.05) is 0 Å². The van der Waals surface area contributed by atoms with E-state index in [2.05, 4.69) is 0 Å². The van der Waals surface area contributed by atoms with E-state index in [4.69, 9.17) is 19.4 Å². The summed E-state index contributed by atoms with van der Waals surface area (Å²) in [6.07, 6.45) is 0. The first-order valence-electron chi connectivity index (χ1n) is 0.922. The van der Waals surface area contributed by atoms with Crippen LogP contribution in [0.1, 0.15) is 0 Å². The zero-order chi connectivity index (χ0) is 5.41. The van der Waals surface area contributed by atoms with Gasteiger partial charge in [-0.1, -0.05) is 0 Å². The molecule has 0 aliphatic heterocycles. The van der Waals surface area contributed by atoms with Gasteiger partial charge in [0.25, 0.3) is 6.47 Å². The molecule has 0 amide bonds. The number of rotatable bonds is 0. The molecule has 2 N–H and O–H groups in total. The Morgan fingerprint density at radius 2 is 1.67 bits per heavy atom. The van der Waals surface area contributed by atoms with E-state index in [0.29, 0.717) is 0 Å². The molecule has 0 aromatic carbocycles. The molecule has 0 aromatic heterocycles. The topological polar surface area (TPSA) is 74.6 Å². The van der Waals surface area contributed by atoms with Gasteiger partial charge < -0.3 is 5.11 Å². The first kappa shape index (κ1) is 9.11. The van der Waals surface area contributed by atoms with Gasteiger partial charge in [-0.3, -0.25) is 4.79 Å². The van der Waals surface area contributed by atoms with Crippen molar-refractivity contribution in [1.29, 1.82) is 0 Å². The molecule has 5 heteroatoms. The fourth-order valence-corrected chi connectivity index (χ4v) is 0. The van der Waals surface area contributed by atoms with E-state index in [9.17, 15) is 0 Å². The molecule has 0 aromatic rings. The molecule has 0 aliphatic carbocycles. The summed E-state index contributed by atoms with van der Waals surface area (Å²) in [5.41, 5.74) is 0. The second kappa shape index (κ2) is 24.1. The average Bonchev–Trinajstić information content (AvgIpc) is 1.39. The standard InChI is InChI=1S/CH2O2.HO2P/c2-1-3;1-3-2/h1H,(H,2,3);3H/p+1. The van der Waals surface area contributed by atoms with E-state index in [0.717, 1.165) is 0 Å². The van der Waals surface area contributed by atoms with Crippen LogP contribution < -0.4 is 0 Å². The van der Waals surface area contributed by atoms with E-state index in [-0.39, 0.29) is 6.47 Å². The lowest BCUT2D eigenvalue weighted by Gasteiger charge is -1.34. The van der Waals surface area contributed by atoms with Crippen molar-refractivity contribution in [3.63, 3.8) is 0 Å². The summed E-state index contributed by atoms with van der Waals surface area (Å²) in [7, 11) is -1.17. The fourth-order valence-electron chi connectivity index (χ4n) is 0. The number of hydrogen-bond acceptors (Lipinski definition) is 2. The Morgan fingerprint density at radius 1 is 1.67 bits per heavy atom.